The molecule has 3 fully saturated rings. The Morgan fingerprint density at radius 3 is 2.62 bits per heavy atom. The Bertz CT molecular complexity index is 531. The fraction of sp³-hybridized carbons (Fsp3) is 0.882. The van der Waals surface area contributed by atoms with Gasteiger partial charge in [0.05, 0.1) is 24.7 Å². The van der Waals surface area contributed by atoms with Crippen molar-refractivity contribution in [1.29, 1.82) is 0 Å². The van der Waals surface area contributed by atoms with Gasteiger partial charge in [0.1, 0.15) is 12.2 Å². The summed E-state index contributed by atoms with van der Waals surface area (Å²) in [7, 11) is 1.54. The molecule has 3 saturated heterocycles. The first-order chi connectivity index (χ1) is 12.4. The molecule has 3 heterocycles. The minimum atomic E-state index is -1.06. The second-order valence-corrected chi connectivity index (χ2v) is 7.09. The molecule has 2 bridgehead atoms. The summed E-state index contributed by atoms with van der Waals surface area (Å²) < 4.78 is 27.4. The third-order valence-electron chi connectivity index (χ3n) is 5.25. The van der Waals surface area contributed by atoms with Crippen molar-refractivity contribution in [2.45, 2.75) is 69.4 Å². The van der Waals surface area contributed by atoms with Crippen LogP contribution in [0, 0.1) is 5.92 Å². The molecule has 0 aromatic rings. The summed E-state index contributed by atoms with van der Waals surface area (Å²) in [5.41, 5.74) is 4.89. The first-order valence-electron chi connectivity index (χ1n) is 9.20. The smallest absolute Gasteiger partial charge is 0.404 e. The van der Waals surface area contributed by atoms with Crippen LogP contribution < -0.4 is 11.1 Å². The topological polar surface area (TPSA) is 118 Å². The van der Waals surface area contributed by atoms with Crippen LogP contribution in [0.4, 0.5) is 4.79 Å². The number of rotatable bonds is 9. The molecule has 0 spiro atoms. The molecular formula is C17H28N2O7. The lowest BCUT2D eigenvalue weighted by molar-refractivity contribution is -0.329. The average Bonchev–Trinajstić information content (AvgIpc) is 3.26. The van der Waals surface area contributed by atoms with Gasteiger partial charge in [-0.3, -0.25) is 4.79 Å². The highest BCUT2D eigenvalue weighted by Gasteiger charge is 2.64. The molecule has 0 saturated carbocycles. The van der Waals surface area contributed by atoms with Crippen LogP contribution in [0.15, 0.2) is 0 Å². The van der Waals surface area contributed by atoms with E-state index >= 15 is 0 Å². The predicted octanol–water partition coefficient (Wildman–Crippen LogP) is 0.650. The number of hydrogen-bond donors (Lipinski definition) is 2. The Morgan fingerprint density at radius 2 is 1.88 bits per heavy atom. The number of hydrogen-bond acceptors (Lipinski definition) is 7. The zero-order chi connectivity index (χ0) is 18.7. The van der Waals surface area contributed by atoms with Gasteiger partial charge in [0.15, 0.2) is 0 Å². The Labute approximate surface area is 152 Å². The first kappa shape index (κ1) is 19.3. The molecule has 3 aliphatic rings. The van der Waals surface area contributed by atoms with Gasteiger partial charge in [-0.15, -0.1) is 0 Å². The van der Waals surface area contributed by atoms with Crippen molar-refractivity contribution in [3.05, 3.63) is 0 Å². The van der Waals surface area contributed by atoms with Crippen LogP contribution in [0.25, 0.3) is 0 Å². The number of amides is 2. The van der Waals surface area contributed by atoms with Crippen molar-refractivity contribution in [3.8, 4) is 0 Å². The van der Waals surface area contributed by atoms with Crippen LogP contribution in [0.5, 0.6) is 0 Å². The van der Waals surface area contributed by atoms with E-state index in [4.69, 9.17) is 24.7 Å². The van der Waals surface area contributed by atoms with E-state index in [1.165, 1.54) is 7.11 Å². The zero-order valence-electron chi connectivity index (χ0n) is 15.3. The molecule has 6 atom stereocenters. The standard InChI is InChI=1S/C17H28N2O7/c1-17(22-2)25-13-11-9-10(12(24-11)14(13)26-17)15(20)19-7-5-3-4-6-8-23-16(18)21/h10-14H,3-9H2,1-2H3,(H2,18,21)(H,19,20)/t10-,11?,12+,13?,14?,17?/m1/s1. The minimum Gasteiger partial charge on any atom is -0.450 e. The van der Waals surface area contributed by atoms with Gasteiger partial charge < -0.3 is 34.7 Å². The van der Waals surface area contributed by atoms with Gasteiger partial charge in [0.2, 0.25) is 5.91 Å². The molecule has 3 N–H and O–H groups in total. The van der Waals surface area contributed by atoms with Crippen LogP contribution in [0.1, 0.15) is 39.0 Å². The summed E-state index contributed by atoms with van der Waals surface area (Å²) in [5.74, 6) is -1.27. The van der Waals surface area contributed by atoms with Gasteiger partial charge in [0, 0.05) is 20.6 Å². The second-order valence-electron chi connectivity index (χ2n) is 7.09. The zero-order valence-corrected chi connectivity index (χ0v) is 15.3. The van der Waals surface area contributed by atoms with Crippen LogP contribution in [-0.4, -0.2) is 62.7 Å². The Balaban J connectivity index is 1.34. The van der Waals surface area contributed by atoms with Crippen molar-refractivity contribution >= 4 is 12.0 Å². The predicted molar refractivity (Wildman–Crippen MR) is 88.9 cm³/mol. The Hall–Kier alpha value is -1.42. The fourth-order valence-corrected chi connectivity index (χ4v) is 3.90. The molecule has 3 rings (SSSR count). The van der Waals surface area contributed by atoms with Crippen LogP contribution >= 0.6 is 0 Å². The summed E-state index contributed by atoms with van der Waals surface area (Å²) in [5, 5.41) is 2.98. The maximum Gasteiger partial charge on any atom is 0.404 e. The molecule has 0 aromatic carbocycles. The number of primary amides is 1. The van der Waals surface area contributed by atoms with E-state index in [-0.39, 0.29) is 36.2 Å². The molecule has 0 radical (unpaired) electrons. The number of methoxy groups -OCH3 is 1. The van der Waals surface area contributed by atoms with Crippen molar-refractivity contribution in [1.82, 2.24) is 5.32 Å². The van der Waals surface area contributed by atoms with E-state index in [0.717, 1.165) is 25.7 Å². The van der Waals surface area contributed by atoms with E-state index in [1.807, 2.05) is 0 Å². The normalized spacial score (nSPS) is 37.5. The van der Waals surface area contributed by atoms with Crippen LogP contribution in [-0.2, 0) is 28.5 Å². The molecular weight excluding hydrogens is 344 g/mol. The number of unbranched alkanes of at least 4 members (excludes halogenated alkanes) is 3. The van der Waals surface area contributed by atoms with Crippen LogP contribution in [0.2, 0.25) is 0 Å². The number of carbonyl (C=O) groups is 2. The number of ether oxygens (including phenoxy) is 5. The Kier molecular flexibility index (Phi) is 6.01. The summed E-state index contributed by atoms with van der Waals surface area (Å²) in [4.78, 5) is 22.9. The maximum absolute atomic E-state index is 12.5. The van der Waals surface area contributed by atoms with Crippen molar-refractivity contribution in [2.24, 2.45) is 11.7 Å². The summed E-state index contributed by atoms with van der Waals surface area (Å²) >= 11 is 0. The molecule has 26 heavy (non-hydrogen) atoms. The van der Waals surface area contributed by atoms with E-state index in [9.17, 15) is 9.59 Å². The summed E-state index contributed by atoms with van der Waals surface area (Å²) in [6.45, 7) is 2.69. The third kappa shape index (κ3) is 4.11. The molecule has 3 aliphatic heterocycles. The number of nitrogens with one attached hydrogen (secondary N) is 1. The van der Waals surface area contributed by atoms with Crippen molar-refractivity contribution in [2.75, 3.05) is 20.3 Å². The van der Waals surface area contributed by atoms with E-state index < -0.39 is 12.1 Å². The van der Waals surface area contributed by atoms with E-state index in [0.29, 0.717) is 19.6 Å². The molecule has 9 nitrogen and oxygen atoms in total. The third-order valence-corrected chi connectivity index (χ3v) is 5.25. The molecule has 0 aromatic heterocycles. The highest BCUT2D eigenvalue weighted by molar-refractivity contribution is 5.80. The minimum absolute atomic E-state index is 0.00244. The number of nitrogens with two attached hydrogens (primary N) is 1. The average molecular weight is 372 g/mol. The lowest BCUT2D eigenvalue weighted by atomic mass is 9.85. The van der Waals surface area contributed by atoms with Gasteiger partial charge in [0.25, 0.3) is 5.97 Å². The molecule has 2 amide bonds. The SMILES string of the molecule is COC1(C)OC2C3C[C@@H](C(=O)NCCCCCCOC(N)=O)[C@H](O3)C2O1. The molecule has 0 aliphatic carbocycles. The second kappa shape index (κ2) is 8.08. The largest absolute Gasteiger partial charge is 0.450 e. The van der Waals surface area contributed by atoms with Gasteiger partial charge in [-0.1, -0.05) is 6.42 Å². The highest BCUT2D eigenvalue weighted by Crippen LogP contribution is 2.48. The number of fused-ring (bicyclic) bond motifs is 5. The quantitative estimate of drug-likeness (QED) is 0.570. The van der Waals surface area contributed by atoms with Gasteiger partial charge >= 0.3 is 6.09 Å². The summed E-state index contributed by atoms with van der Waals surface area (Å²) in [6.07, 6.45) is 2.58. The highest BCUT2D eigenvalue weighted by atomic mass is 16.9. The van der Waals surface area contributed by atoms with E-state index in [2.05, 4.69) is 10.1 Å². The number of carbonyl (C=O) groups excluding carboxylic acids is 2. The lowest BCUT2D eigenvalue weighted by Crippen LogP contribution is -2.46. The van der Waals surface area contributed by atoms with Crippen LogP contribution in [0.3, 0.4) is 0 Å². The fourth-order valence-electron chi connectivity index (χ4n) is 3.90. The summed E-state index contributed by atoms with van der Waals surface area (Å²) in [6, 6.07) is 0. The maximum atomic E-state index is 12.5. The monoisotopic (exact) mass is 372 g/mol. The lowest BCUT2D eigenvalue weighted by Gasteiger charge is -2.25. The molecule has 9 heteroatoms. The first-order valence-corrected chi connectivity index (χ1v) is 9.20. The van der Waals surface area contributed by atoms with E-state index in [1.54, 1.807) is 6.92 Å². The van der Waals surface area contributed by atoms with Gasteiger partial charge in [-0.05, 0) is 25.7 Å². The molecule has 148 valence electrons. The van der Waals surface area contributed by atoms with Crippen molar-refractivity contribution in [3.63, 3.8) is 0 Å². The molecule has 4 unspecified atom stereocenters. The van der Waals surface area contributed by atoms with Crippen molar-refractivity contribution < 1.29 is 33.3 Å². The Morgan fingerprint density at radius 1 is 1.15 bits per heavy atom. The van der Waals surface area contributed by atoms with Gasteiger partial charge in [-0.25, -0.2) is 4.79 Å². The van der Waals surface area contributed by atoms with Gasteiger partial charge in [-0.2, -0.15) is 0 Å².